The Morgan fingerprint density at radius 1 is 0.606 bits per heavy atom. The van der Waals surface area contributed by atoms with Gasteiger partial charge in [0.15, 0.2) is 0 Å². The zero-order chi connectivity index (χ0) is 24.6. The van der Waals surface area contributed by atoms with E-state index in [1.807, 2.05) is 0 Å². The summed E-state index contributed by atoms with van der Waals surface area (Å²) in [5.74, 6) is -2.06. The second-order valence-corrected chi connectivity index (χ2v) is 9.00. The van der Waals surface area contributed by atoms with Gasteiger partial charge in [-0.25, -0.2) is 0 Å². The molecule has 0 aliphatic carbocycles. The van der Waals surface area contributed by atoms with Gasteiger partial charge >= 0.3 is 11.9 Å². The van der Waals surface area contributed by atoms with Crippen LogP contribution >= 0.6 is 0 Å². The summed E-state index contributed by atoms with van der Waals surface area (Å²) >= 11 is 0. The fourth-order valence-corrected chi connectivity index (χ4v) is 3.94. The smallest absolute Gasteiger partial charge is 0.317 e. The third-order valence-electron chi connectivity index (χ3n) is 5.85. The standard InChI is InChI=1S/C26H50N2O5/c1-2-3-4-5-6-7-8-9-10-11-12-13-14-15-16-17-18-27(21-22-29)19-20-28(23-25(30)31)24-26(32)33/h9-10,29H,2-8,11-24H2,1H3,(H,30,31)(H,32,33)/b10-9-. The molecule has 0 amide bonds. The largest absolute Gasteiger partial charge is 0.480 e. The van der Waals surface area contributed by atoms with Crippen LogP contribution in [-0.4, -0.2) is 82.9 Å². The van der Waals surface area contributed by atoms with Crippen LogP contribution in [0.25, 0.3) is 0 Å². The molecule has 7 heteroatoms. The first-order valence-corrected chi connectivity index (χ1v) is 13.1. The summed E-state index contributed by atoms with van der Waals surface area (Å²) in [5, 5.41) is 27.1. The highest BCUT2D eigenvalue weighted by molar-refractivity contribution is 5.72. The van der Waals surface area contributed by atoms with Crippen LogP contribution in [0, 0.1) is 0 Å². The minimum Gasteiger partial charge on any atom is -0.480 e. The van der Waals surface area contributed by atoms with Crippen molar-refractivity contribution >= 4 is 11.9 Å². The lowest BCUT2D eigenvalue weighted by molar-refractivity contribution is -0.141. The number of hydrogen-bond donors (Lipinski definition) is 3. The molecule has 0 aliphatic rings. The normalized spacial score (nSPS) is 11.8. The Morgan fingerprint density at radius 2 is 1.06 bits per heavy atom. The van der Waals surface area contributed by atoms with E-state index >= 15 is 0 Å². The van der Waals surface area contributed by atoms with Gasteiger partial charge in [-0.05, 0) is 38.6 Å². The molecule has 0 aromatic rings. The number of aliphatic hydroxyl groups excluding tert-OH is 1. The summed E-state index contributed by atoms with van der Waals surface area (Å²) in [5.41, 5.74) is 0. The van der Waals surface area contributed by atoms with Gasteiger partial charge in [-0.3, -0.25) is 19.4 Å². The number of carboxylic acids is 2. The number of carbonyl (C=O) groups is 2. The van der Waals surface area contributed by atoms with Crippen LogP contribution in [0.2, 0.25) is 0 Å². The highest BCUT2D eigenvalue weighted by Gasteiger charge is 2.15. The van der Waals surface area contributed by atoms with Crippen LogP contribution in [0.3, 0.4) is 0 Å². The monoisotopic (exact) mass is 470 g/mol. The fourth-order valence-electron chi connectivity index (χ4n) is 3.94. The van der Waals surface area contributed by atoms with E-state index < -0.39 is 11.9 Å². The number of unbranched alkanes of at least 4 members (excludes halogenated alkanes) is 12. The van der Waals surface area contributed by atoms with Crippen molar-refractivity contribution in [1.29, 1.82) is 0 Å². The summed E-state index contributed by atoms with van der Waals surface area (Å²) in [7, 11) is 0. The molecule has 0 heterocycles. The van der Waals surface area contributed by atoms with Gasteiger partial charge in [-0.15, -0.1) is 0 Å². The zero-order valence-electron chi connectivity index (χ0n) is 21.1. The molecule has 0 unspecified atom stereocenters. The van der Waals surface area contributed by atoms with Gasteiger partial charge in [-0.1, -0.05) is 76.9 Å². The van der Waals surface area contributed by atoms with Crippen LogP contribution < -0.4 is 0 Å². The SMILES string of the molecule is CCCCCCCC/C=C\CCCCCCCCN(CCO)CCN(CC(=O)O)CC(=O)O. The molecule has 0 spiro atoms. The predicted octanol–water partition coefficient (Wildman–Crippen LogP) is 4.79. The molecule has 0 saturated heterocycles. The molecule has 33 heavy (non-hydrogen) atoms. The minimum absolute atomic E-state index is 0.0459. The van der Waals surface area contributed by atoms with Crippen molar-refractivity contribution in [3.8, 4) is 0 Å². The highest BCUT2D eigenvalue weighted by atomic mass is 16.4. The van der Waals surface area contributed by atoms with Crippen LogP contribution in [-0.2, 0) is 9.59 Å². The maximum absolute atomic E-state index is 10.9. The van der Waals surface area contributed by atoms with E-state index in [9.17, 15) is 14.7 Å². The number of nitrogens with zero attached hydrogens (tertiary/aromatic N) is 2. The van der Waals surface area contributed by atoms with Crippen LogP contribution in [0.4, 0.5) is 0 Å². The van der Waals surface area contributed by atoms with Crippen molar-refractivity contribution in [3.05, 3.63) is 12.2 Å². The van der Waals surface area contributed by atoms with E-state index in [2.05, 4.69) is 24.0 Å². The van der Waals surface area contributed by atoms with Crippen molar-refractivity contribution in [3.63, 3.8) is 0 Å². The zero-order valence-corrected chi connectivity index (χ0v) is 21.1. The summed E-state index contributed by atoms with van der Waals surface area (Å²) < 4.78 is 0. The van der Waals surface area contributed by atoms with E-state index in [0.29, 0.717) is 19.6 Å². The van der Waals surface area contributed by atoms with E-state index in [1.54, 1.807) is 0 Å². The minimum atomic E-state index is -1.03. The van der Waals surface area contributed by atoms with Crippen molar-refractivity contribution in [2.75, 3.05) is 45.9 Å². The molecule has 7 nitrogen and oxygen atoms in total. The van der Waals surface area contributed by atoms with E-state index in [0.717, 1.165) is 19.4 Å². The molecule has 0 radical (unpaired) electrons. The number of aliphatic hydroxyl groups is 1. The number of hydrogen-bond acceptors (Lipinski definition) is 5. The van der Waals surface area contributed by atoms with Crippen molar-refractivity contribution < 1.29 is 24.9 Å². The second kappa shape index (κ2) is 23.7. The lowest BCUT2D eigenvalue weighted by Crippen LogP contribution is -2.41. The Kier molecular flexibility index (Phi) is 22.7. The predicted molar refractivity (Wildman–Crippen MR) is 135 cm³/mol. The number of rotatable bonds is 25. The number of aliphatic carboxylic acids is 2. The second-order valence-electron chi connectivity index (χ2n) is 9.00. The lowest BCUT2D eigenvalue weighted by Gasteiger charge is -2.25. The average molecular weight is 471 g/mol. The molecule has 0 fully saturated rings. The van der Waals surface area contributed by atoms with Crippen molar-refractivity contribution in [2.24, 2.45) is 0 Å². The van der Waals surface area contributed by atoms with E-state index in [1.165, 1.54) is 81.9 Å². The molecule has 0 atom stereocenters. The lowest BCUT2D eigenvalue weighted by atomic mass is 10.1. The number of carboxylic acid groups (broad SMARTS) is 2. The maximum Gasteiger partial charge on any atom is 0.317 e. The Morgan fingerprint density at radius 3 is 1.55 bits per heavy atom. The van der Waals surface area contributed by atoms with Gasteiger partial charge in [0.25, 0.3) is 0 Å². The Hall–Kier alpha value is -1.44. The Labute approximate surface area is 201 Å². The van der Waals surface area contributed by atoms with Crippen LogP contribution in [0.5, 0.6) is 0 Å². The fraction of sp³-hybridized carbons (Fsp3) is 0.846. The van der Waals surface area contributed by atoms with Gasteiger partial charge in [-0.2, -0.15) is 0 Å². The van der Waals surface area contributed by atoms with Crippen LogP contribution in [0.1, 0.15) is 96.8 Å². The molecular weight excluding hydrogens is 420 g/mol. The topological polar surface area (TPSA) is 101 Å². The van der Waals surface area contributed by atoms with Gasteiger partial charge in [0.1, 0.15) is 0 Å². The van der Waals surface area contributed by atoms with Gasteiger partial charge in [0.2, 0.25) is 0 Å². The highest BCUT2D eigenvalue weighted by Crippen LogP contribution is 2.10. The summed E-state index contributed by atoms with van der Waals surface area (Å²) in [6.45, 7) is 4.03. The first-order chi connectivity index (χ1) is 16.0. The van der Waals surface area contributed by atoms with Crippen molar-refractivity contribution in [1.82, 2.24) is 9.80 Å². The third-order valence-corrected chi connectivity index (χ3v) is 5.85. The van der Waals surface area contributed by atoms with E-state index in [4.69, 9.17) is 10.2 Å². The van der Waals surface area contributed by atoms with Gasteiger partial charge in [0.05, 0.1) is 19.7 Å². The molecular formula is C26H50N2O5. The molecule has 0 saturated carbocycles. The third kappa shape index (κ3) is 23.5. The summed E-state index contributed by atoms with van der Waals surface area (Å²) in [4.78, 5) is 25.3. The number of allylic oxidation sites excluding steroid dienone is 2. The first-order valence-electron chi connectivity index (χ1n) is 13.1. The van der Waals surface area contributed by atoms with Gasteiger partial charge < -0.3 is 15.3 Å². The average Bonchev–Trinajstić information content (AvgIpc) is 2.76. The van der Waals surface area contributed by atoms with Gasteiger partial charge in [0, 0.05) is 19.6 Å². The Bertz CT molecular complexity index is 483. The maximum atomic E-state index is 10.9. The van der Waals surface area contributed by atoms with Crippen molar-refractivity contribution in [2.45, 2.75) is 96.8 Å². The van der Waals surface area contributed by atoms with Crippen LogP contribution in [0.15, 0.2) is 12.2 Å². The molecule has 0 bridgehead atoms. The molecule has 194 valence electrons. The molecule has 0 aromatic heterocycles. The first kappa shape index (κ1) is 31.6. The quantitative estimate of drug-likeness (QED) is 0.130. The Balaban J connectivity index is 3.74. The van der Waals surface area contributed by atoms with E-state index in [-0.39, 0.29) is 19.7 Å². The molecule has 0 rings (SSSR count). The molecule has 0 aliphatic heterocycles. The summed E-state index contributed by atoms with van der Waals surface area (Å²) in [6, 6.07) is 0. The molecule has 3 N–H and O–H groups in total. The summed E-state index contributed by atoms with van der Waals surface area (Å²) in [6.07, 6.45) is 22.4. The molecule has 0 aromatic carbocycles.